The zero-order valence-electron chi connectivity index (χ0n) is 10.1. The number of alkyl halides is 1. The van der Waals surface area contributed by atoms with Crippen LogP contribution < -0.4 is 0 Å². The molecule has 0 aliphatic carbocycles. The Labute approximate surface area is 105 Å². The van der Waals surface area contributed by atoms with E-state index in [-0.39, 0.29) is 11.4 Å². The first-order valence-corrected chi connectivity index (χ1v) is 6.27. The van der Waals surface area contributed by atoms with Crippen LogP contribution in [0.15, 0.2) is 18.3 Å². The van der Waals surface area contributed by atoms with Crippen molar-refractivity contribution in [2.75, 3.05) is 12.4 Å². The number of hydrogen-bond acceptors (Lipinski definition) is 2. The Balaban J connectivity index is 2.95. The van der Waals surface area contributed by atoms with Gasteiger partial charge in [0.15, 0.2) is 0 Å². The topological polar surface area (TPSA) is 33.2 Å². The molecule has 0 unspecified atom stereocenters. The maximum absolute atomic E-state index is 12.2. The molecule has 0 saturated heterocycles. The number of nitrogens with zero attached hydrogens (tertiary/aromatic N) is 2. The molecule has 3 nitrogen and oxygen atoms in total. The first-order chi connectivity index (χ1) is 7.38. The van der Waals surface area contributed by atoms with E-state index in [1.807, 2.05) is 33.9 Å². The van der Waals surface area contributed by atoms with Crippen LogP contribution in [0, 0.1) is 6.92 Å². The fourth-order valence-electron chi connectivity index (χ4n) is 1.24. The van der Waals surface area contributed by atoms with Crippen molar-refractivity contribution in [3.05, 3.63) is 29.6 Å². The van der Waals surface area contributed by atoms with Gasteiger partial charge in [0.2, 0.25) is 0 Å². The highest BCUT2D eigenvalue weighted by molar-refractivity contribution is 9.09. The van der Waals surface area contributed by atoms with Crippen molar-refractivity contribution in [2.24, 2.45) is 0 Å². The van der Waals surface area contributed by atoms with Crippen LogP contribution in [0.4, 0.5) is 0 Å². The van der Waals surface area contributed by atoms with Crippen molar-refractivity contribution in [2.45, 2.75) is 26.3 Å². The smallest absolute Gasteiger partial charge is 0.254 e. The molecule has 16 heavy (non-hydrogen) atoms. The lowest BCUT2D eigenvalue weighted by Gasteiger charge is -2.34. The van der Waals surface area contributed by atoms with E-state index in [9.17, 15) is 4.79 Å². The van der Waals surface area contributed by atoms with E-state index in [4.69, 9.17) is 0 Å². The van der Waals surface area contributed by atoms with Crippen molar-refractivity contribution in [3.8, 4) is 0 Å². The molecule has 1 amide bonds. The highest BCUT2D eigenvalue weighted by Crippen LogP contribution is 2.18. The number of rotatable bonds is 3. The molecule has 0 radical (unpaired) electrons. The van der Waals surface area contributed by atoms with E-state index in [2.05, 4.69) is 20.9 Å². The molecule has 0 fully saturated rings. The van der Waals surface area contributed by atoms with Crippen molar-refractivity contribution in [1.29, 1.82) is 0 Å². The van der Waals surface area contributed by atoms with Crippen LogP contribution in [0.1, 0.15) is 29.9 Å². The number of carbonyl (C=O) groups excluding carboxylic acids is 1. The molecule has 1 aromatic heterocycles. The lowest BCUT2D eigenvalue weighted by Crippen LogP contribution is -2.46. The fourth-order valence-corrected chi connectivity index (χ4v) is 1.61. The Kier molecular flexibility index (Phi) is 4.08. The lowest BCUT2D eigenvalue weighted by molar-refractivity contribution is 0.0663. The molecule has 0 bridgehead atoms. The molecular formula is C12H17BrN2O. The summed E-state index contributed by atoms with van der Waals surface area (Å²) in [5.41, 5.74) is 1.34. The molecule has 0 aromatic carbocycles. The standard InChI is InChI=1S/C12H17BrN2O/c1-9-7-10(5-6-14-9)11(16)15(4)12(2,3)8-13/h5-7H,8H2,1-4H3. The first kappa shape index (κ1) is 13.2. The fraction of sp³-hybridized carbons (Fsp3) is 0.500. The number of halogens is 1. The summed E-state index contributed by atoms with van der Waals surface area (Å²) in [6, 6.07) is 3.55. The summed E-state index contributed by atoms with van der Waals surface area (Å²) in [5, 5.41) is 0.742. The van der Waals surface area contributed by atoms with Gasteiger partial charge in [-0.1, -0.05) is 15.9 Å². The molecule has 0 aliphatic rings. The number of pyridine rings is 1. The summed E-state index contributed by atoms with van der Waals surface area (Å²) in [6.45, 7) is 5.92. The van der Waals surface area contributed by atoms with Gasteiger partial charge >= 0.3 is 0 Å². The second kappa shape index (κ2) is 4.95. The molecule has 1 heterocycles. The number of carbonyl (C=O) groups is 1. The minimum absolute atomic E-state index is 0.0231. The predicted molar refractivity (Wildman–Crippen MR) is 68.9 cm³/mol. The Morgan fingerprint density at radius 2 is 2.19 bits per heavy atom. The van der Waals surface area contributed by atoms with E-state index in [1.54, 1.807) is 17.2 Å². The van der Waals surface area contributed by atoms with Gasteiger partial charge in [-0.3, -0.25) is 9.78 Å². The second-order valence-electron chi connectivity index (χ2n) is 4.50. The maximum Gasteiger partial charge on any atom is 0.254 e. The van der Waals surface area contributed by atoms with Gasteiger partial charge in [0.25, 0.3) is 5.91 Å². The summed E-state index contributed by atoms with van der Waals surface area (Å²) < 4.78 is 0. The Hall–Kier alpha value is -0.900. The van der Waals surface area contributed by atoms with Crippen LogP contribution in [-0.4, -0.2) is 33.7 Å². The maximum atomic E-state index is 12.2. The van der Waals surface area contributed by atoms with Crippen molar-refractivity contribution in [1.82, 2.24) is 9.88 Å². The van der Waals surface area contributed by atoms with Crippen molar-refractivity contribution < 1.29 is 4.79 Å². The molecule has 0 spiro atoms. The van der Waals surface area contributed by atoms with Crippen LogP contribution in [0.2, 0.25) is 0 Å². The second-order valence-corrected chi connectivity index (χ2v) is 5.06. The molecule has 4 heteroatoms. The average Bonchev–Trinajstić information content (AvgIpc) is 2.27. The number of amides is 1. The number of aryl methyl sites for hydroxylation is 1. The van der Waals surface area contributed by atoms with Gasteiger partial charge in [-0.05, 0) is 32.9 Å². The van der Waals surface area contributed by atoms with E-state index in [0.717, 1.165) is 11.0 Å². The molecule has 0 saturated carbocycles. The van der Waals surface area contributed by atoms with E-state index in [0.29, 0.717) is 5.56 Å². The number of hydrogen-bond donors (Lipinski definition) is 0. The van der Waals surface area contributed by atoms with Crippen LogP contribution in [0.5, 0.6) is 0 Å². The van der Waals surface area contributed by atoms with Gasteiger partial charge in [0.1, 0.15) is 0 Å². The van der Waals surface area contributed by atoms with Crippen LogP contribution in [0.25, 0.3) is 0 Å². The normalized spacial score (nSPS) is 11.3. The summed E-state index contributed by atoms with van der Waals surface area (Å²) in [5.74, 6) is 0.0231. The van der Waals surface area contributed by atoms with Gasteiger partial charge in [-0.2, -0.15) is 0 Å². The highest BCUT2D eigenvalue weighted by atomic mass is 79.9. The van der Waals surface area contributed by atoms with Crippen molar-refractivity contribution >= 4 is 21.8 Å². The molecule has 0 aliphatic heterocycles. The van der Waals surface area contributed by atoms with Gasteiger partial charge < -0.3 is 4.90 Å². The van der Waals surface area contributed by atoms with E-state index in [1.165, 1.54) is 0 Å². The molecule has 0 N–H and O–H groups in total. The van der Waals surface area contributed by atoms with E-state index < -0.39 is 0 Å². The third-order valence-electron chi connectivity index (χ3n) is 2.68. The first-order valence-electron chi connectivity index (χ1n) is 5.15. The van der Waals surface area contributed by atoms with Gasteiger partial charge in [0, 0.05) is 35.4 Å². The van der Waals surface area contributed by atoms with E-state index >= 15 is 0 Å². The minimum atomic E-state index is -0.200. The Morgan fingerprint density at radius 3 is 2.69 bits per heavy atom. The Morgan fingerprint density at radius 1 is 1.56 bits per heavy atom. The molecule has 88 valence electrons. The third-order valence-corrected chi connectivity index (χ3v) is 4.06. The van der Waals surface area contributed by atoms with Crippen LogP contribution in [0.3, 0.4) is 0 Å². The predicted octanol–water partition coefficient (Wildman–Crippen LogP) is 2.64. The van der Waals surface area contributed by atoms with Gasteiger partial charge in [0.05, 0.1) is 0 Å². The van der Waals surface area contributed by atoms with Crippen LogP contribution >= 0.6 is 15.9 Å². The monoisotopic (exact) mass is 284 g/mol. The van der Waals surface area contributed by atoms with Gasteiger partial charge in [-0.15, -0.1) is 0 Å². The molecular weight excluding hydrogens is 268 g/mol. The lowest BCUT2D eigenvalue weighted by atomic mass is 10.1. The summed E-state index contributed by atoms with van der Waals surface area (Å²) in [7, 11) is 1.82. The third kappa shape index (κ3) is 2.82. The summed E-state index contributed by atoms with van der Waals surface area (Å²) in [4.78, 5) is 18.0. The van der Waals surface area contributed by atoms with Gasteiger partial charge in [-0.25, -0.2) is 0 Å². The molecule has 1 rings (SSSR count). The average molecular weight is 285 g/mol. The SMILES string of the molecule is Cc1cc(C(=O)N(C)C(C)(C)CBr)ccn1. The number of aromatic nitrogens is 1. The minimum Gasteiger partial charge on any atom is -0.336 e. The van der Waals surface area contributed by atoms with Crippen LogP contribution in [-0.2, 0) is 0 Å². The summed E-state index contributed by atoms with van der Waals surface area (Å²) in [6.07, 6.45) is 1.66. The largest absolute Gasteiger partial charge is 0.336 e. The Bertz CT molecular complexity index is 390. The van der Waals surface area contributed by atoms with Crippen molar-refractivity contribution in [3.63, 3.8) is 0 Å². The molecule has 0 atom stereocenters. The highest BCUT2D eigenvalue weighted by Gasteiger charge is 2.27. The molecule has 1 aromatic rings. The summed E-state index contributed by atoms with van der Waals surface area (Å²) >= 11 is 3.42. The quantitative estimate of drug-likeness (QED) is 0.800. The zero-order chi connectivity index (χ0) is 12.3. The zero-order valence-corrected chi connectivity index (χ0v) is 11.7.